The van der Waals surface area contributed by atoms with E-state index >= 15 is 0 Å². The summed E-state index contributed by atoms with van der Waals surface area (Å²) >= 11 is 0. The summed E-state index contributed by atoms with van der Waals surface area (Å²) in [6, 6.07) is 0. The minimum atomic E-state index is -0.811. The smallest absolute Gasteiger partial charge is 0.335 e. The number of esters is 2. The molecule has 0 bridgehead atoms. The van der Waals surface area contributed by atoms with Crippen LogP contribution in [0.25, 0.3) is 4.85 Å². The maximum atomic E-state index is 10.8. The molecule has 0 saturated carbocycles. The Hall–Kier alpha value is -2.09. The van der Waals surface area contributed by atoms with Gasteiger partial charge in [0.15, 0.2) is 0 Å². The van der Waals surface area contributed by atoms with Crippen molar-refractivity contribution >= 4 is 11.9 Å². The summed E-state index contributed by atoms with van der Waals surface area (Å²) in [5, 5.41) is 0. The van der Waals surface area contributed by atoms with Crippen LogP contribution in [0.4, 0.5) is 0 Å². The van der Waals surface area contributed by atoms with Crippen LogP contribution in [0.5, 0.6) is 0 Å². The molecule has 0 saturated heterocycles. The first-order valence-corrected chi connectivity index (χ1v) is 3.64. The highest BCUT2D eigenvalue weighted by molar-refractivity contribution is 5.89. The molecular weight excluding hydrogens is 186 g/mol. The molecule has 74 valence electrons. The second kappa shape index (κ2) is 6.43. The van der Waals surface area contributed by atoms with E-state index in [4.69, 9.17) is 6.57 Å². The Morgan fingerprint density at radius 1 is 1.36 bits per heavy atom. The highest BCUT2D eigenvalue weighted by atomic mass is 16.6. The number of hydrogen-bond donors (Lipinski definition) is 0. The fourth-order valence-electron chi connectivity index (χ4n) is 0.464. The lowest BCUT2D eigenvalue weighted by atomic mass is 10.5. The molecule has 5 nitrogen and oxygen atoms in total. The van der Waals surface area contributed by atoms with Gasteiger partial charge in [-0.05, 0) is 0 Å². The van der Waals surface area contributed by atoms with E-state index in [1.807, 2.05) is 0 Å². The van der Waals surface area contributed by atoms with Crippen molar-refractivity contribution in [2.24, 2.45) is 0 Å². The third-order valence-corrected chi connectivity index (χ3v) is 1.10. The highest BCUT2D eigenvalue weighted by Gasteiger charge is 2.07. The summed E-state index contributed by atoms with van der Waals surface area (Å²) in [6.07, 6.45) is 1.000. The van der Waals surface area contributed by atoms with Crippen LogP contribution in [-0.2, 0) is 19.1 Å². The molecule has 0 aliphatic carbocycles. The second-order valence-corrected chi connectivity index (χ2v) is 2.07. The van der Waals surface area contributed by atoms with Gasteiger partial charge in [0, 0.05) is 6.08 Å². The predicted octanol–water partition coefficient (Wildman–Crippen LogP) is 0.692. The van der Waals surface area contributed by atoms with E-state index in [2.05, 4.69) is 27.5 Å². The van der Waals surface area contributed by atoms with E-state index in [0.717, 1.165) is 6.08 Å². The molecule has 0 aromatic carbocycles. The molecule has 5 heteroatoms. The molecule has 14 heavy (non-hydrogen) atoms. The predicted molar refractivity (Wildman–Crippen MR) is 47.9 cm³/mol. The lowest BCUT2D eigenvalue weighted by Crippen LogP contribution is -2.12. The van der Waals surface area contributed by atoms with Crippen LogP contribution in [0, 0.1) is 6.57 Å². The maximum Gasteiger partial charge on any atom is 0.335 e. The summed E-state index contributed by atoms with van der Waals surface area (Å²) < 4.78 is 9.04. The van der Waals surface area contributed by atoms with Gasteiger partial charge in [0.2, 0.25) is 0 Å². The Kier molecular flexibility index (Phi) is 5.47. The first-order valence-electron chi connectivity index (χ1n) is 3.64. The first kappa shape index (κ1) is 11.9. The maximum absolute atomic E-state index is 10.8. The molecule has 0 atom stereocenters. The normalized spacial score (nSPS) is 8.21. The number of ether oxygens (including phenoxy) is 2. The zero-order valence-electron chi connectivity index (χ0n) is 7.49. The van der Waals surface area contributed by atoms with Crippen molar-refractivity contribution in [3.05, 3.63) is 36.3 Å². The van der Waals surface area contributed by atoms with Gasteiger partial charge >= 0.3 is 11.9 Å². The molecular formula is C9H9NO4. The van der Waals surface area contributed by atoms with Gasteiger partial charge in [0.25, 0.3) is 5.70 Å². The average molecular weight is 195 g/mol. The standard InChI is InChI=1S/C9H9NO4/c1-4-8(11)13-5-6-14-9(12)7(2)10-3/h4H,1-2,5-6H2. The van der Waals surface area contributed by atoms with Crippen molar-refractivity contribution in [1.29, 1.82) is 0 Å². The van der Waals surface area contributed by atoms with Crippen LogP contribution in [0.15, 0.2) is 24.9 Å². The Labute approximate surface area is 81.4 Å². The van der Waals surface area contributed by atoms with E-state index < -0.39 is 11.9 Å². The number of carbonyl (C=O) groups excluding carboxylic acids is 2. The van der Waals surface area contributed by atoms with Gasteiger partial charge in [-0.25, -0.2) is 9.64 Å². The van der Waals surface area contributed by atoms with Crippen LogP contribution in [0.2, 0.25) is 0 Å². The summed E-state index contributed by atoms with van der Waals surface area (Å²) in [4.78, 5) is 24.1. The Morgan fingerprint density at radius 2 is 1.93 bits per heavy atom. The van der Waals surface area contributed by atoms with Crippen molar-refractivity contribution in [3.63, 3.8) is 0 Å². The molecule has 0 aromatic heterocycles. The SMILES string of the molecule is [C-]#[N+]C(=C)C(=O)OCCOC(=O)C=C. The topological polar surface area (TPSA) is 57.0 Å². The molecule has 0 unspecified atom stereocenters. The summed E-state index contributed by atoms with van der Waals surface area (Å²) in [5.74, 6) is -1.40. The van der Waals surface area contributed by atoms with Gasteiger partial charge in [-0.2, -0.15) is 0 Å². The minimum Gasteiger partial charge on any atom is -0.467 e. The quantitative estimate of drug-likeness (QED) is 0.280. The fourth-order valence-corrected chi connectivity index (χ4v) is 0.464. The van der Waals surface area contributed by atoms with E-state index in [-0.39, 0.29) is 18.9 Å². The molecule has 0 radical (unpaired) electrons. The zero-order valence-corrected chi connectivity index (χ0v) is 7.49. The Morgan fingerprint density at radius 3 is 2.43 bits per heavy atom. The average Bonchev–Trinajstić information content (AvgIpc) is 2.22. The number of hydrogen-bond acceptors (Lipinski definition) is 4. The van der Waals surface area contributed by atoms with Crippen molar-refractivity contribution in [2.75, 3.05) is 13.2 Å². The molecule has 0 rings (SSSR count). The molecule has 0 aliphatic rings. The van der Waals surface area contributed by atoms with E-state index in [9.17, 15) is 9.59 Å². The second-order valence-electron chi connectivity index (χ2n) is 2.07. The summed E-state index contributed by atoms with van der Waals surface area (Å²) in [6.45, 7) is 12.6. The van der Waals surface area contributed by atoms with Gasteiger partial charge < -0.3 is 9.47 Å². The third-order valence-electron chi connectivity index (χ3n) is 1.10. The number of nitrogens with zero attached hydrogens (tertiary/aromatic N) is 1. The molecule has 0 aromatic rings. The van der Waals surface area contributed by atoms with E-state index in [0.29, 0.717) is 0 Å². The fraction of sp³-hybridized carbons (Fsp3) is 0.222. The lowest BCUT2D eigenvalue weighted by molar-refractivity contribution is -0.146. The highest BCUT2D eigenvalue weighted by Crippen LogP contribution is 1.95. The molecule has 0 heterocycles. The Balaban J connectivity index is 3.61. The number of carbonyl (C=O) groups is 2. The third kappa shape index (κ3) is 4.72. The van der Waals surface area contributed by atoms with E-state index in [1.54, 1.807) is 0 Å². The van der Waals surface area contributed by atoms with Crippen molar-refractivity contribution < 1.29 is 19.1 Å². The minimum absolute atomic E-state index is 0.0676. The molecule has 0 fully saturated rings. The van der Waals surface area contributed by atoms with Crippen LogP contribution >= 0.6 is 0 Å². The zero-order chi connectivity index (χ0) is 11.0. The van der Waals surface area contributed by atoms with Crippen LogP contribution in [0.3, 0.4) is 0 Å². The van der Waals surface area contributed by atoms with Gasteiger partial charge in [-0.3, -0.25) is 4.79 Å². The molecule has 0 amide bonds. The van der Waals surface area contributed by atoms with Crippen molar-refractivity contribution in [3.8, 4) is 0 Å². The molecule has 0 N–H and O–H groups in total. The first-order chi connectivity index (χ1) is 6.61. The van der Waals surface area contributed by atoms with Gasteiger partial charge in [0.05, 0.1) is 6.57 Å². The van der Waals surface area contributed by atoms with Crippen LogP contribution in [-0.4, -0.2) is 25.2 Å². The number of rotatable bonds is 5. The van der Waals surface area contributed by atoms with E-state index in [1.165, 1.54) is 0 Å². The molecule has 0 spiro atoms. The van der Waals surface area contributed by atoms with Crippen molar-refractivity contribution in [1.82, 2.24) is 0 Å². The lowest BCUT2D eigenvalue weighted by Gasteiger charge is -2.03. The van der Waals surface area contributed by atoms with Gasteiger partial charge in [-0.1, -0.05) is 13.2 Å². The van der Waals surface area contributed by atoms with Crippen molar-refractivity contribution in [2.45, 2.75) is 0 Å². The van der Waals surface area contributed by atoms with Gasteiger partial charge in [0.1, 0.15) is 13.2 Å². The summed E-state index contributed by atoms with van der Waals surface area (Å²) in [5.41, 5.74) is -0.306. The van der Waals surface area contributed by atoms with Crippen LogP contribution < -0.4 is 0 Å². The Bertz CT molecular complexity index is 300. The van der Waals surface area contributed by atoms with Gasteiger partial charge in [-0.15, -0.1) is 0 Å². The van der Waals surface area contributed by atoms with Crippen LogP contribution in [0.1, 0.15) is 0 Å². The largest absolute Gasteiger partial charge is 0.467 e. The monoisotopic (exact) mass is 195 g/mol. The molecule has 0 aliphatic heterocycles. The summed E-state index contributed by atoms with van der Waals surface area (Å²) in [7, 11) is 0.